The zero-order chi connectivity index (χ0) is 15.2. The van der Waals surface area contributed by atoms with Crippen LogP contribution in [0, 0.1) is 5.92 Å². The highest BCUT2D eigenvalue weighted by Crippen LogP contribution is 2.22. The smallest absolute Gasteiger partial charge is 0.229 e. The highest BCUT2D eigenvalue weighted by atomic mass is 16.5. The van der Waals surface area contributed by atoms with Gasteiger partial charge in [-0.1, -0.05) is 5.16 Å². The summed E-state index contributed by atoms with van der Waals surface area (Å²) in [5.41, 5.74) is 5.99. The van der Waals surface area contributed by atoms with Crippen LogP contribution >= 0.6 is 0 Å². The van der Waals surface area contributed by atoms with Gasteiger partial charge in [-0.15, -0.1) is 0 Å². The largest absolute Gasteiger partial charge is 0.486 e. The number of carbonyl (C=O) groups excluding carboxylic acids is 1. The zero-order valence-corrected chi connectivity index (χ0v) is 11.8. The number of amides is 1. The lowest BCUT2D eigenvalue weighted by atomic mass is 10.1. The van der Waals surface area contributed by atoms with Crippen LogP contribution in [0.5, 0.6) is 5.75 Å². The van der Waals surface area contributed by atoms with E-state index in [4.69, 9.17) is 20.4 Å². The number of anilines is 1. The highest BCUT2D eigenvalue weighted by molar-refractivity contribution is 5.92. The Bertz CT molecular complexity index is 515. The van der Waals surface area contributed by atoms with E-state index >= 15 is 0 Å². The first-order valence-corrected chi connectivity index (χ1v) is 6.70. The Morgan fingerprint density at radius 3 is 2.81 bits per heavy atom. The second-order valence-electron chi connectivity index (χ2n) is 4.97. The van der Waals surface area contributed by atoms with E-state index in [-0.39, 0.29) is 30.4 Å². The number of carbonyl (C=O) groups is 1. The normalized spacial score (nSPS) is 22.0. The molecule has 0 radical (unpaired) electrons. The molecule has 2 rings (SSSR count). The van der Waals surface area contributed by atoms with E-state index in [9.17, 15) is 4.79 Å². The molecule has 7 heteroatoms. The molecule has 1 amide bonds. The molecular weight excluding hydrogens is 274 g/mol. The molecule has 1 aliphatic rings. The zero-order valence-electron chi connectivity index (χ0n) is 11.8. The van der Waals surface area contributed by atoms with Crippen molar-refractivity contribution in [3.63, 3.8) is 0 Å². The van der Waals surface area contributed by atoms with E-state index in [1.165, 1.54) is 0 Å². The van der Waals surface area contributed by atoms with Crippen molar-refractivity contribution in [2.75, 3.05) is 18.5 Å². The molecular formula is C14H19N3O4. The minimum Gasteiger partial charge on any atom is -0.486 e. The third-order valence-corrected chi connectivity index (χ3v) is 3.21. The number of nitrogens with one attached hydrogen (secondary N) is 1. The van der Waals surface area contributed by atoms with Gasteiger partial charge in [-0.2, -0.15) is 0 Å². The first kappa shape index (κ1) is 15.1. The van der Waals surface area contributed by atoms with Crippen LogP contribution in [0.3, 0.4) is 0 Å². The number of benzene rings is 1. The van der Waals surface area contributed by atoms with Crippen LogP contribution < -0.4 is 15.8 Å². The lowest BCUT2D eigenvalue weighted by molar-refractivity contribution is -0.119. The summed E-state index contributed by atoms with van der Waals surface area (Å²) in [5, 5.41) is 14.1. The molecule has 0 aliphatic carbocycles. The predicted octanol–water partition coefficient (Wildman–Crippen LogP) is 1.18. The monoisotopic (exact) mass is 293 g/mol. The van der Waals surface area contributed by atoms with Crippen molar-refractivity contribution in [1.29, 1.82) is 0 Å². The fourth-order valence-electron chi connectivity index (χ4n) is 2.06. The van der Waals surface area contributed by atoms with Gasteiger partial charge in [0.05, 0.1) is 18.6 Å². The van der Waals surface area contributed by atoms with Gasteiger partial charge >= 0.3 is 0 Å². The SMILES string of the molecule is CC1CC(C(=O)Nc2ccc(OC/C(N)=N/O)cc2)CO1. The number of ether oxygens (including phenoxy) is 2. The summed E-state index contributed by atoms with van der Waals surface area (Å²) in [5.74, 6) is 0.418. The Kier molecular flexibility index (Phi) is 4.99. The molecule has 0 spiro atoms. The first-order valence-electron chi connectivity index (χ1n) is 6.70. The van der Waals surface area contributed by atoms with E-state index in [2.05, 4.69) is 10.5 Å². The Labute approximate surface area is 122 Å². The van der Waals surface area contributed by atoms with Crippen LogP contribution in [0.4, 0.5) is 5.69 Å². The molecule has 1 aliphatic heterocycles. The van der Waals surface area contributed by atoms with Crippen molar-refractivity contribution < 1.29 is 19.5 Å². The quantitative estimate of drug-likeness (QED) is 0.327. The van der Waals surface area contributed by atoms with Crippen LogP contribution in [-0.4, -0.2) is 36.3 Å². The van der Waals surface area contributed by atoms with Crippen LogP contribution in [-0.2, 0) is 9.53 Å². The predicted molar refractivity (Wildman–Crippen MR) is 77.5 cm³/mol. The molecule has 1 aromatic carbocycles. The molecule has 7 nitrogen and oxygen atoms in total. The van der Waals surface area contributed by atoms with Gasteiger partial charge in [0.2, 0.25) is 5.91 Å². The summed E-state index contributed by atoms with van der Waals surface area (Å²) in [6.07, 6.45) is 0.877. The highest BCUT2D eigenvalue weighted by Gasteiger charge is 2.28. The number of nitrogens with two attached hydrogens (primary N) is 1. The summed E-state index contributed by atoms with van der Waals surface area (Å²) in [7, 11) is 0. The second-order valence-corrected chi connectivity index (χ2v) is 4.97. The van der Waals surface area contributed by atoms with Gasteiger partial charge in [0.25, 0.3) is 0 Å². The Hall–Kier alpha value is -2.28. The third kappa shape index (κ3) is 4.35. The fraction of sp³-hybridized carbons (Fsp3) is 0.429. The molecule has 1 saturated heterocycles. The van der Waals surface area contributed by atoms with E-state index in [0.717, 1.165) is 6.42 Å². The lowest BCUT2D eigenvalue weighted by Crippen LogP contribution is -2.23. The Morgan fingerprint density at radius 1 is 1.52 bits per heavy atom. The molecule has 2 unspecified atom stereocenters. The van der Waals surface area contributed by atoms with Gasteiger partial charge in [-0.25, -0.2) is 0 Å². The minimum atomic E-state index is -0.100. The number of rotatable bonds is 5. The summed E-state index contributed by atoms with van der Waals surface area (Å²) in [6, 6.07) is 6.87. The molecule has 0 bridgehead atoms. The Morgan fingerprint density at radius 2 is 2.24 bits per heavy atom. The van der Waals surface area contributed by atoms with Crippen molar-refractivity contribution >= 4 is 17.4 Å². The molecule has 0 aromatic heterocycles. The fourth-order valence-corrected chi connectivity index (χ4v) is 2.06. The first-order chi connectivity index (χ1) is 10.1. The lowest BCUT2D eigenvalue weighted by Gasteiger charge is -2.10. The van der Waals surface area contributed by atoms with Crippen molar-refractivity contribution in [1.82, 2.24) is 0 Å². The molecule has 114 valence electrons. The van der Waals surface area contributed by atoms with E-state index in [1.54, 1.807) is 24.3 Å². The molecule has 1 fully saturated rings. The van der Waals surface area contributed by atoms with E-state index in [1.807, 2.05) is 6.92 Å². The van der Waals surface area contributed by atoms with Gasteiger partial charge in [-0.3, -0.25) is 4.79 Å². The van der Waals surface area contributed by atoms with Crippen molar-refractivity contribution in [2.45, 2.75) is 19.4 Å². The number of nitrogens with zero attached hydrogens (tertiary/aromatic N) is 1. The minimum absolute atomic E-state index is 0.000489. The molecule has 2 atom stereocenters. The molecule has 0 saturated carbocycles. The van der Waals surface area contributed by atoms with Crippen LogP contribution in [0.2, 0.25) is 0 Å². The van der Waals surface area contributed by atoms with E-state index < -0.39 is 0 Å². The van der Waals surface area contributed by atoms with Gasteiger partial charge in [0.1, 0.15) is 12.4 Å². The topological polar surface area (TPSA) is 106 Å². The molecule has 4 N–H and O–H groups in total. The number of hydrogen-bond acceptors (Lipinski definition) is 5. The van der Waals surface area contributed by atoms with Gasteiger partial charge in [0.15, 0.2) is 5.84 Å². The van der Waals surface area contributed by atoms with Gasteiger partial charge in [-0.05, 0) is 37.6 Å². The molecule has 1 aromatic rings. The number of amidine groups is 1. The van der Waals surface area contributed by atoms with Crippen molar-refractivity contribution in [2.24, 2.45) is 16.8 Å². The number of oxime groups is 1. The van der Waals surface area contributed by atoms with E-state index in [0.29, 0.717) is 18.0 Å². The van der Waals surface area contributed by atoms with Crippen LogP contribution in [0.1, 0.15) is 13.3 Å². The third-order valence-electron chi connectivity index (χ3n) is 3.21. The molecule has 21 heavy (non-hydrogen) atoms. The maximum atomic E-state index is 12.0. The summed E-state index contributed by atoms with van der Waals surface area (Å²) in [6.45, 7) is 2.42. The maximum absolute atomic E-state index is 12.0. The summed E-state index contributed by atoms with van der Waals surface area (Å²) in [4.78, 5) is 12.0. The standard InChI is InChI=1S/C14H19N3O4/c1-9-6-10(7-20-9)14(18)16-11-2-4-12(5-3-11)21-8-13(15)17-19/h2-5,9-10,19H,6-8H2,1H3,(H2,15,17)(H,16,18). The van der Waals surface area contributed by atoms with Crippen LogP contribution in [0.15, 0.2) is 29.4 Å². The van der Waals surface area contributed by atoms with Crippen molar-refractivity contribution in [3.8, 4) is 5.75 Å². The average molecular weight is 293 g/mol. The maximum Gasteiger partial charge on any atom is 0.229 e. The van der Waals surface area contributed by atoms with Crippen LogP contribution in [0.25, 0.3) is 0 Å². The van der Waals surface area contributed by atoms with Crippen molar-refractivity contribution in [3.05, 3.63) is 24.3 Å². The Balaban J connectivity index is 1.86. The van der Waals surface area contributed by atoms with Gasteiger partial charge < -0.3 is 25.7 Å². The summed E-state index contributed by atoms with van der Waals surface area (Å²) >= 11 is 0. The second kappa shape index (κ2) is 6.94. The molecule has 1 heterocycles. The summed E-state index contributed by atoms with van der Waals surface area (Å²) < 4.78 is 10.7. The number of hydrogen-bond donors (Lipinski definition) is 3. The van der Waals surface area contributed by atoms with Gasteiger partial charge in [0, 0.05) is 5.69 Å². The average Bonchev–Trinajstić information content (AvgIpc) is 2.93.